The van der Waals surface area contributed by atoms with Crippen LogP contribution in [0, 0.1) is 5.82 Å². The van der Waals surface area contributed by atoms with Gasteiger partial charge in [0.15, 0.2) is 11.6 Å². The second-order valence-electron chi connectivity index (χ2n) is 5.72. The average molecular weight is 394 g/mol. The highest BCUT2D eigenvalue weighted by Gasteiger charge is 2.23. The molecule has 1 N–H and O–H groups in total. The van der Waals surface area contributed by atoms with Crippen LogP contribution in [-0.2, 0) is 0 Å². The first-order valence-electron chi connectivity index (χ1n) is 7.73. The number of amides is 1. The van der Waals surface area contributed by atoms with E-state index in [0.29, 0.717) is 31.7 Å². The first-order valence-corrected chi connectivity index (χ1v) is 8.52. The highest BCUT2D eigenvalue weighted by Crippen LogP contribution is 2.27. The topological polar surface area (TPSA) is 49.8 Å². The predicted octanol–water partition coefficient (Wildman–Crippen LogP) is 3.98. The highest BCUT2D eigenvalue weighted by molar-refractivity contribution is 9.10. The van der Waals surface area contributed by atoms with Crippen molar-refractivity contribution in [3.05, 3.63) is 58.3 Å². The molecular formula is C18H17BrFNO3. The Hall–Kier alpha value is -1.92. The van der Waals surface area contributed by atoms with Crippen molar-refractivity contribution in [1.82, 2.24) is 4.90 Å². The number of nitrogens with zero attached hydrogens (tertiary/aromatic N) is 1. The standard InChI is InChI=1S/C18H17BrFNO3/c19-13-2-4-15(5-3-13)24-17-6-1-12(11-16(17)20)18(23)21-9-7-14(22)8-10-21/h1-6,11,14,22H,7-10H2. The van der Waals surface area contributed by atoms with E-state index in [-0.39, 0.29) is 23.3 Å². The molecule has 1 amide bonds. The molecule has 1 aliphatic rings. The maximum Gasteiger partial charge on any atom is 0.253 e. The average Bonchev–Trinajstić information content (AvgIpc) is 2.58. The van der Waals surface area contributed by atoms with Crippen molar-refractivity contribution >= 4 is 21.8 Å². The minimum atomic E-state index is -0.583. The summed E-state index contributed by atoms with van der Waals surface area (Å²) in [6.07, 6.45) is 0.755. The lowest BCUT2D eigenvalue weighted by Gasteiger charge is -2.29. The zero-order valence-corrected chi connectivity index (χ0v) is 14.5. The van der Waals surface area contributed by atoms with Crippen LogP contribution in [0.2, 0.25) is 0 Å². The van der Waals surface area contributed by atoms with Gasteiger partial charge >= 0.3 is 0 Å². The Morgan fingerprint density at radius 3 is 2.46 bits per heavy atom. The summed E-state index contributed by atoms with van der Waals surface area (Å²) in [6.45, 7) is 0.970. The molecule has 0 atom stereocenters. The molecule has 1 aliphatic heterocycles. The van der Waals surface area contributed by atoms with Gasteiger partial charge in [-0.1, -0.05) is 15.9 Å². The van der Waals surface area contributed by atoms with Crippen LogP contribution in [0.15, 0.2) is 46.9 Å². The molecule has 0 aromatic heterocycles. The summed E-state index contributed by atoms with van der Waals surface area (Å²) >= 11 is 3.32. The highest BCUT2D eigenvalue weighted by atomic mass is 79.9. The summed E-state index contributed by atoms with van der Waals surface area (Å²) in [7, 11) is 0. The zero-order valence-electron chi connectivity index (χ0n) is 12.9. The lowest BCUT2D eigenvalue weighted by Crippen LogP contribution is -2.40. The quantitative estimate of drug-likeness (QED) is 0.857. The van der Waals surface area contributed by atoms with Gasteiger partial charge in [-0.2, -0.15) is 0 Å². The van der Waals surface area contributed by atoms with Gasteiger partial charge in [-0.05, 0) is 55.3 Å². The molecule has 4 nitrogen and oxygen atoms in total. The van der Waals surface area contributed by atoms with Gasteiger partial charge in [0, 0.05) is 23.1 Å². The van der Waals surface area contributed by atoms with Crippen molar-refractivity contribution in [2.75, 3.05) is 13.1 Å². The summed E-state index contributed by atoms with van der Waals surface area (Å²) in [5, 5.41) is 9.50. The fraction of sp³-hybridized carbons (Fsp3) is 0.278. The minimum Gasteiger partial charge on any atom is -0.454 e. The predicted molar refractivity (Wildman–Crippen MR) is 91.8 cm³/mol. The Kier molecular flexibility index (Phi) is 5.16. The lowest BCUT2D eigenvalue weighted by molar-refractivity contribution is 0.0546. The maximum atomic E-state index is 14.3. The summed E-state index contributed by atoms with van der Waals surface area (Å²) in [6, 6.07) is 11.3. The summed E-state index contributed by atoms with van der Waals surface area (Å²) < 4.78 is 20.7. The van der Waals surface area contributed by atoms with Crippen LogP contribution in [0.4, 0.5) is 4.39 Å². The van der Waals surface area contributed by atoms with Crippen LogP contribution in [0.5, 0.6) is 11.5 Å². The van der Waals surface area contributed by atoms with E-state index in [1.807, 2.05) is 0 Å². The summed E-state index contributed by atoms with van der Waals surface area (Å²) in [4.78, 5) is 14.0. The molecule has 1 fully saturated rings. The molecule has 6 heteroatoms. The second kappa shape index (κ2) is 7.32. The Labute approximate surface area is 148 Å². The van der Waals surface area contributed by atoms with E-state index in [1.54, 1.807) is 35.2 Å². The van der Waals surface area contributed by atoms with Gasteiger partial charge in [-0.25, -0.2) is 4.39 Å². The molecule has 2 aromatic carbocycles. The van der Waals surface area contributed by atoms with Crippen LogP contribution in [0.3, 0.4) is 0 Å². The number of carbonyl (C=O) groups is 1. The monoisotopic (exact) mass is 393 g/mol. The number of rotatable bonds is 3. The number of likely N-dealkylation sites (tertiary alicyclic amines) is 1. The second-order valence-corrected chi connectivity index (χ2v) is 6.64. The van der Waals surface area contributed by atoms with Crippen molar-refractivity contribution in [3.8, 4) is 11.5 Å². The first-order chi connectivity index (χ1) is 11.5. The van der Waals surface area contributed by atoms with Crippen molar-refractivity contribution < 1.29 is 19.0 Å². The van der Waals surface area contributed by atoms with Gasteiger partial charge < -0.3 is 14.7 Å². The third kappa shape index (κ3) is 3.94. The third-order valence-electron chi connectivity index (χ3n) is 3.97. The molecule has 0 spiro atoms. The van der Waals surface area contributed by atoms with Crippen molar-refractivity contribution in [2.45, 2.75) is 18.9 Å². The number of benzene rings is 2. The fourth-order valence-corrected chi connectivity index (χ4v) is 2.86. The van der Waals surface area contributed by atoms with Gasteiger partial charge in [0.25, 0.3) is 5.91 Å². The smallest absolute Gasteiger partial charge is 0.253 e. The van der Waals surface area contributed by atoms with Gasteiger partial charge in [0.2, 0.25) is 0 Å². The molecule has 1 heterocycles. The van der Waals surface area contributed by atoms with E-state index in [1.165, 1.54) is 12.1 Å². The first kappa shape index (κ1) is 16.9. The third-order valence-corrected chi connectivity index (χ3v) is 4.50. The number of hydrogen-bond donors (Lipinski definition) is 1. The van der Waals surface area contributed by atoms with E-state index in [9.17, 15) is 14.3 Å². The number of piperidine rings is 1. The zero-order chi connectivity index (χ0) is 17.1. The Bertz CT molecular complexity index is 728. The van der Waals surface area contributed by atoms with E-state index in [2.05, 4.69) is 15.9 Å². The molecule has 0 saturated carbocycles. The number of hydrogen-bond acceptors (Lipinski definition) is 3. The molecule has 0 aliphatic carbocycles. The lowest BCUT2D eigenvalue weighted by atomic mass is 10.1. The molecule has 24 heavy (non-hydrogen) atoms. The van der Waals surface area contributed by atoms with Gasteiger partial charge in [-0.15, -0.1) is 0 Å². The van der Waals surface area contributed by atoms with Crippen LogP contribution in [0.25, 0.3) is 0 Å². The van der Waals surface area contributed by atoms with Gasteiger partial charge in [0.1, 0.15) is 5.75 Å². The Morgan fingerprint density at radius 2 is 1.83 bits per heavy atom. The Morgan fingerprint density at radius 1 is 1.17 bits per heavy atom. The minimum absolute atomic E-state index is 0.0722. The number of aliphatic hydroxyl groups is 1. The van der Waals surface area contributed by atoms with Gasteiger partial charge in [0.05, 0.1) is 6.10 Å². The summed E-state index contributed by atoms with van der Waals surface area (Å²) in [5.74, 6) is -0.221. The molecular weight excluding hydrogens is 377 g/mol. The molecule has 1 saturated heterocycles. The van der Waals surface area contributed by atoms with Crippen LogP contribution < -0.4 is 4.74 Å². The summed E-state index contributed by atoms with van der Waals surface area (Å²) in [5.41, 5.74) is 0.284. The van der Waals surface area contributed by atoms with Crippen molar-refractivity contribution in [2.24, 2.45) is 0 Å². The molecule has 0 radical (unpaired) electrons. The maximum absolute atomic E-state index is 14.3. The number of aliphatic hydroxyl groups excluding tert-OH is 1. The molecule has 0 bridgehead atoms. The number of halogens is 2. The largest absolute Gasteiger partial charge is 0.454 e. The SMILES string of the molecule is O=C(c1ccc(Oc2ccc(Br)cc2)c(F)c1)N1CCC(O)CC1. The molecule has 126 valence electrons. The number of ether oxygens (including phenoxy) is 1. The van der Waals surface area contributed by atoms with Crippen molar-refractivity contribution in [1.29, 1.82) is 0 Å². The van der Waals surface area contributed by atoms with E-state index in [0.717, 1.165) is 4.47 Å². The van der Waals surface area contributed by atoms with Gasteiger partial charge in [-0.3, -0.25) is 4.79 Å². The van der Waals surface area contributed by atoms with E-state index < -0.39 is 5.82 Å². The Balaban J connectivity index is 1.72. The van der Waals surface area contributed by atoms with Crippen LogP contribution in [-0.4, -0.2) is 35.1 Å². The van der Waals surface area contributed by atoms with Crippen molar-refractivity contribution in [3.63, 3.8) is 0 Å². The van der Waals surface area contributed by atoms with E-state index >= 15 is 0 Å². The van der Waals surface area contributed by atoms with Crippen LogP contribution in [0.1, 0.15) is 23.2 Å². The fourth-order valence-electron chi connectivity index (χ4n) is 2.60. The molecule has 2 aromatic rings. The molecule has 0 unspecified atom stereocenters. The van der Waals surface area contributed by atoms with Crippen LogP contribution >= 0.6 is 15.9 Å². The van der Waals surface area contributed by atoms with E-state index in [4.69, 9.17) is 4.74 Å². The normalized spacial score (nSPS) is 15.4. The molecule has 3 rings (SSSR count). The number of carbonyl (C=O) groups excluding carboxylic acids is 1.